The third-order valence-corrected chi connectivity index (χ3v) is 6.47. The number of nitrogens with zero attached hydrogens (tertiary/aromatic N) is 3. The van der Waals surface area contributed by atoms with Crippen molar-refractivity contribution in [3.63, 3.8) is 0 Å². The van der Waals surface area contributed by atoms with Crippen molar-refractivity contribution in [2.24, 2.45) is 14.1 Å². The van der Waals surface area contributed by atoms with E-state index in [0.29, 0.717) is 11.3 Å². The molecule has 1 aromatic heterocycles. The lowest BCUT2D eigenvalue weighted by molar-refractivity contribution is -0.127. The van der Waals surface area contributed by atoms with E-state index in [1.165, 1.54) is 4.57 Å². The van der Waals surface area contributed by atoms with Gasteiger partial charge in [0, 0.05) is 19.8 Å². The molecule has 1 aliphatic heterocycles. The maximum Gasteiger partial charge on any atom is 0.328 e. The zero-order valence-corrected chi connectivity index (χ0v) is 18.9. The summed E-state index contributed by atoms with van der Waals surface area (Å²) in [5, 5.41) is 2.23. The minimum atomic E-state index is -0.516. The van der Waals surface area contributed by atoms with Gasteiger partial charge < -0.3 is 5.32 Å². The number of benzene rings is 2. The molecule has 164 valence electrons. The Hall–Kier alpha value is -3.59. The molecule has 0 radical (unpaired) electrons. The summed E-state index contributed by atoms with van der Waals surface area (Å²) in [7, 11) is 3.37. The van der Waals surface area contributed by atoms with E-state index >= 15 is 0 Å². The third kappa shape index (κ3) is 3.87. The van der Waals surface area contributed by atoms with Crippen molar-refractivity contribution in [2.45, 2.75) is 13.8 Å². The molecule has 4 rings (SSSR count). The van der Waals surface area contributed by atoms with Gasteiger partial charge in [-0.15, -0.1) is 0 Å². The average molecular weight is 451 g/mol. The predicted molar refractivity (Wildman–Crippen MR) is 125 cm³/mol. The predicted octanol–water partition coefficient (Wildman–Crippen LogP) is 3.17. The minimum Gasteiger partial charge on any atom is -0.325 e. The molecule has 0 bridgehead atoms. The molecule has 2 heterocycles. The van der Waals surface area contributed by atoms with E-state index in [1.54, 1.807) is 49.0 Å². The molecule has 0 unspecified atom stereocenters. The number of carbonyl (C=O) groups is 3. The number of aromatic nitrogens is 2. The normalized spacial score (nSPS) is 15.2. The van der Waals surface area contributed by atoms with Gasteiger partial charge in [0.25, 0.3) is 11.1 Å². The number of amides is 3. The lowest BCUT2D eigenvalue weighted by atomic mass is 10.1. The molecule has 0 atom stereocenters. The van der Waals surface area contributed by atoms with Gasteiger partial charge in [-0.25, -0.2) is 4.79 Å². The van der Waals surface area contributed by atoms with Crippen LogP contribution in [0, 0.1) is 13.8 Å². The van der Waals surface area contributed by atoms with Crippen LogP contribution in [0.1, 0.15) is 16.7 Å². The van der Waals surface area contributed by atoms with Gasteiger partial charge in [-0.1, -0.05) is 12.1 Å². The van der Waals surface area contributed by atoms with Gasteiger partial charge in [0.1, 0.15) is 6.54 Å². The number of aryl methyl sites for hydroxylation is 4. The number of carbonyl (C=O) groups excluding carboxylic acids is 3. The molecule has 3 amide bonds. The molecular weight excluding hydrogens is 428 g/mol. The van der Waals surface area contributed by atoms with Gasteiger partial charge in [-0.2, -0.15) is 0 Å². The second-order valence-electron chi connectivity index (χ2n) is 7.76. The number of rotatable bonds is 4. The van der Waals surface area contributed by atoms with Gasteiger partial charge >= 0.3 is 5.69 Å². The Morgan fingerprint density at radius 1 is 0.969 bits per heavy atom. The third-order valence-electron chi connectivity index (χ3n) is 5.56. The topological polar surface area (TPSA) is 93.4 Å². The fourth-order valence-corrected chi connectivity index (χ4v) is 4.40. The highest BCUT2D eigenvalue weighted by Crippen LogP contribution is 2.32. The first-order valence-electron chi connectivity index (χ1n) is 9.93. The molecule has 1 aliphatic rings. The molecule has 9 heteroatoms. The van der Waals surface area contributed by atoms with Crippen molar-refractivity contribution in [3.8, 4) is 0 Å². The Morgan fingerprint density at radius 3 is 2.41 bits per heavy atom. The molecule has 8 nitrogen and oxygen atoms in total. The smallest absolute Gasteiger partial charge is 0.325 e. The molecule has 0 spiro atoms. The van der Waals surface area contributed by atoms with Crippen molar-refractivity contribution in [1.82, 2.24) is 14.0 Å². The van der Waals surface area contributed by atoms with E-state index in [-0.39, 0.29) is 17.1 Å². The Bertz CT molecular complexity index is 1380. The molecular formula is C23H22N4O4S. The number of hydrogen-bond donors (Lipinski definition) is 1. The SMILES string of the molecule is Cc1ccc(NC(=O)CN2C(=O)SC(=Cc3ccc4c(c3)n(C)c(=O)n4C)C2=O)cc1C. The van der Waals surface area contributed by atoms with E-state index in [0.717, 1.165) is 38.8 Å². The van der Waals surface area contributed by atoms with Crippen LogP contribution < -0.4 is 11.0 Å². The summed E-state index contributed by atoms with van der Waals surface area (Å²) in [6.45, 7) is 3.56. The highest BCUT2D eigenvalue weighted by Gasteiger charge is 2.36. The summed E-state index contributed by atoms with van der Waals surface area (Å²) in [5.74, 6) is -0.963. The fourth-order valence-electron chi connectivity index (χ4n) is 3.56. The van der Waals surface area contributed by atoms with Crippen LogP contribution in [0.4, 0.5) is 10.5 Å². The van der Waals surface area contributed by atoms with Crippen molar-refractivity contribution in [3.05, 3.63) is 68.5 Å². The van der Waals surface area contributed by atoms with Crippen molar-refractivity contribution in [2.75, 3.05) is 11.9 Å². The van der Waals surface area contributed by atoms with Crippen molar-refractivity contribution < 1.29 is 14.4 Å². The van der Waals surface area contributed by atoms with Crippen LogP contribution in [-0.2, 0) is 23.7 Å². The van der Waals surface area contributed by atoms with Crippen LogP contribution in [0.25, 0.3) is 17.1 Å². The molecule has 1 N–H and O–H groups in total. The lowest BCUT2D eigenvalue weighted by Gasteiger charge is -2.13. The summed E-state index contributed by atoms with van der Waals surface area (Å²) >= 11 is 0.792. The number of imide groups is 1. The Labute approximate surface area is 188 Å². The zero-order chi connectivity index (χ0) is 23.2. The van der Waals surface area contributed by atoms with Crippen molar-refractivity contribution in [1.29, 1.82) is 0 Å². The van der Waals surface area contributed by atoms with E-state index in [4.69, 9.17) is 0 Å². The number of imidazole rings is 1. The Kier molecular flexibility index (Phi) is 5.52. The van der Waals surface area contributed by atoms with Gasteiger partial charge in [-0.05, 0) is 72.6 Å². The molecule has 32 heavy (non-hydrogen) atoms. The summed E-state index contributed by atoms with van der Waals surface area (Å²) in [4.78, 5) is 50.9. The average Bonchev–Trinajstić information content (AvgIpc) is 3.13. The zero-order valence-electron chi connectivity index (χ0n) is 18.1. The highest BCUT2D eigenvalue weighted by molar-refractivity contribution is 8.18. The maximum atomic E-state index is 12.8. The Morgan fingerprint density at radius 2 is 1.69 bits per heavy atom. The van der Waals surface area contributed by atoms with Gasteiger partial charge in [0.15, 0.2) is 0 Å². The monoisotopic (exact) mass is 450 g/mol. The van der Waals surface area contributed by atoms with Gasteiger partial charge in [-0.3, -0.25) is 28.4 Å². The van der Waals surface area contributed by atoms with Crippen LogP contribution in [0.5, 0.6) is 0 Å². The molecule has 1 fully saturated rings. The van der Waals surface area contributed by atoms with Crippen LogP contribution in [-0.4, -0.2) is 37.6 Å². The molecule has 1 saturated heterocycles. The lowest BCUT2D eigenvalue weighted by Crippen LogP contribution is -2.36. The van der Waals surface area contributed by atoms with Crippen LogP contribution >= 0.6 is 11.8 Å². The Balaban J connectivity index is 1.52. The number of fused-ring (bicyclic) bond motifs is 1. The molecule has 0 aliphatic carbocycles. The second kappa shape index (κ2) is 8.16. The van der Waals surface area contributed by atoms with E-state index in [9.17, 15) is 19.2 Å². The standard InChI is InChI=1S/C23H22N4O4S/c1-13-5-7-16(9-14(13)2)24-20(28)12-27-21(29)19(32-23(27)31)11-15-6-8-17-18(10-15)26(4)22(30)25(17)3/h5-11H,12H2,1-4H3,(H,24,28). The van der Waals surface area contributed by atoms with E-state index in [2.05, 4.69) is 5.32 Å². The summed E-state index contributed by atoms with van der Waals surface area (Å²) in [5.41, 5.74) is 4.78. The van der Waals surface area contributed by atoms with Crippen LogP contribution in [0.2, 0.25) is 0 Å². The number of anilines is 1. The molecule has 0 saturated carbocycles. The minimum absolute atomic E-state index is 0.146. The largest absolute Gasteiger partial charge is 0.328 e. The first-order chi connectivity index (χ1) is 15.2. The quantitative estimate of drug-likeness (QED) is 0.617. The molecule has 2 aromatic carbocycles. The van der Waals surface area contributed by atoms with Crippen LogP contribution in [0.15, 0.2) is 46.1 Å². The number of hydrogen-bond acceptors (Lipinski definition) is 5. The first-order valence-corrected chi connectivity index (χ1v) is 10.8. The highest BCUT2D eigenvalue weighted by atomic mass is 32.2. The maximum absolute atomic E-state index is 12.8. The first kappa shape index (κ1) is 21.6. The summed E-state index contributed by atoms with van der Waals surface area (Å²) in [6, 6.07) is 10.9. The fraction of sp³-hybridized carbons (Fsp3) is 0.217. The summed E-state index contributed by atoms with van der Waals surface area (Å²) in [6.07, 6.45) is 1.60. The molecule has 3 aromatic rings. The van der Waals surface area contributed by atoms with Gasteiger partial charge in [0.2, 0.25) is 5.91 Å². The van der Waals surface area contributed by atoms with Crippen LogP contribution in [0.3, 0.4) is 0 Å². The van der Waals surface area contributed by atoms with Crippen molar-refractivity contribution >= 4 is 51.6 Å². The number of thioether (sulfide) groups is 1. The summed E-state index contributed by atoms with van der Waals surface area (Å²) < 4.78 is 3.07. The van der Waals surface area contributed by atoms with E-state index < -0.39 is 17.1 Å². The van der Waals surface area contributed by atoms with E-state index in [1.807, 2.05) is 26.0 Å². The van der Waals surface area contributed by atoms with Gasteiger partial charge in [0.05, 0.1) is 15.9 Å². The second-order valence-corrected chi connectivity index (χ2v) is 8.76. The number of nitrogens with one attached hydrogen (secondary N) is 1.